The normalized spacial score (nSPS) is 13.7. The lowest BCUT2D eigenvalue weighted by atomic mass is 9.93. The molecule has 1 aromatic rings. The van der Waals surface area contributed by atoms with E-state index in [0.29, 0.717) is 6.42 Å². The summed E-state index contributed by atoms with van der Waals surface area (Å²) >= 11 is 0. The van der Waals surface area contributed by atoms with Crippen molar-refractivity contribution in [1.29, 1.82) is 0 Å². The van der Waals surface area contributed by atoms with Crippen LogP contribution < -0.4 is 0 Å². The zero-order chi connectivity index (χ0) is 19.4. The Morgan fingerprint density at radius 3 is 2.35 bits per heavy atom. The monoisotopic (exact) mass is 360 g/mol. The van der Waals surface area contributed by atoms with Gasteiger partial charge in [-0.1, -0.05) is 50.5 Å². The first-order chi connectivity index (χ1) is 12.4. The maximum absolute atomic E-state index is 11.8. The molecule has 0 spiro atoms. The van der Waals surface area contributed by atoms with Gasteiger partial charge in [0.2, 0.25) is 0 Å². The van der Waals surface area contributed by atoms with Gasteiger partial charge < -0.3 is 10.2 Å². The van der Waals surface area contributed by atoms with Gasteiger partial charge in [0.05, 0.1) is 11.7 Å². The summed E-state index contributed by atoms with van der Waals surface area (Å²) in [5.41, 5.74) is 1.37. The molecule has 0 amide bonds. The molecule has 0 saturated heterocycles. The number of allylic oxidation sites excluding steroid dienone is 1. The van der Waals surface area contributed by atoms with E-state index < -0.39 is 12.1 Å². The highest BCUT2D eigenvalue weighted by Crippen LogP contribution is 2.17. The average Bonchev–Trinajstić information content (AvgIpc) is 2.61. The Morgan fingerprint density at radius 1 is 1.08 bits per heavy atom. The summed E-state index contributed by atoms with van der Waals surface area (Å²) in [6, 6.07) is 6.89. The number of aryl methyl sites for hydroxylation is 1. The van der Waals surface area contributed by atoms with Gasteiger partial charge in [-0.25, -0.2) is 4.79 Å². The molecule has 0 aliphatic rings. The molecule has 0 heterocycles. The van der Waals surface area contributed by atoms with Crippen LogP contribution in [-0.4, -0.2) is 28.1 Å². The van der Waals surface area contributed by atoms with Gasteiger partial charge in [-0.2, -0.15) is 0 Å². The lowest BCUT2D eigenvalue weighted by molar-refractivity contribution is -0.120. The van der Waals surface area contributed by atoms with Crippen molar-refractivity contribution in [2.75, 3.05) is 0 Å². The van der Waals surface area contributed by atoms with E-state index in [-0.39, 0.29) is 17.3 Å². The summed E-state index contributed by atoms with van der Waals surface area (Å²) in [6.07, 6.45) is 10.6. The maximum atomic E-state index is 11.8. The highest BCUT2D eigenvalue weighted by Gasteiger charge is 2.12. The summed E-state index contributed by atoms with van der Waals surface area (Å²) in [4.78, 5) is 22.7. The van der Waals surface area contributed by atoms with Crippen molar-refractivity contribution < 1.29 is 19.8 Å². The third kappa shape index (κ3) is 8.95. The number of benzene rings is 1. The van der Waals surface area contributed by atoms with Crippen LogP contribution in [0.2, 0.25) is 0 Å². The maximum Gasteiger partial charge on any atom is 0.335 e. The van der Waals surface area contributed by atoms with Crippen molar-refractivity contribution >= 4 is 11.8 Å². The number of carbonyl (C=O) groups excluding carboxylic acids is 1. The molecular weight excluding hydrogens is 328 g/mol. The van der Waals surface area contributed by atoms with Crippen molar-refractivity contribution in [1.82, 2.24) is 0 Å². The highest BCUT2D eigenvalue weighted by atomic mass is 16.4. The van der Waals surface area contributed by atoms with Crippen LogP contribution in [0.3, 0.4) is 0 Å². The molecule has 0 fully saturated rings. The van der Waals surface area contributed by atoms with E-state index in [1.807, 2.05) is 24.3 Å². The van der Waals surface area contributed by atoms with Crippen LogP contribution in [0.1, 0.15) is 74.7 Å². The fourth-order valence-electron chi connectivity index (χ4n) is 2.95. The molecule has 0 saturated carbocycles. The van der Waals surface area contributed by atoms with Crippen molar-refractivity contribution in [3.8, 4) is 0 Å². The van der Waals surface area contributed by atoms with Crippen LogP contribution in [0.15, 0.2) is 36.4 Å². The van der Waals surface area contributed by atoms with E-state index in [0.717, 1.165) is 50.5 Å². The second-order valence-electron chi connectivity index (χ2n) is 6.93. The first-order valence-corrected chi connectivity index (χ1v) is 9.61. The third-order valence-corrected chi connectivity index (χ3v) is 4.68. The molecule has 0 aliphatic carbocycles. The molecule has 144 valence electrons. The molecule has 2 N–H and O–H groups in total. The van der Waals surface area contributed by atoms with Gasteiger partial charge in [0, 0.05) is 5.92 Å². The predicted molar refractivity (Wildman–Crippen MR) is 104 cm³/mol. The van der Waals surface area contributed by atoms with Crippen LogP contribution in [0.4, 0.5) is 0 Å². The van der Waals surface area contributed by atoms with Crippen LogP contribution >= 0.6 is 0 Å². The van der Waals surface area contributed by atoms with Crippen molar-refractivity contribution in [2.45, 2.75) is 71.3 Å². The number of hydrogen-bond donors (Lipinski definition) is 2. The van der Waals surface area contributed by atoms with Gasteiger partial charge in [0.25, 0.3) is 0 Å². The second kappa shape index (κ2) is 12.4. The Morgan fingerprint density at radius 2 is 1.77 bits per heavy atom. The summed E-state index contributed by atoms with van der Waals surface area (Å²) in [6.45, 7) is 3.76. The van der Waals surface area contributed by atoms with Crippen LogP contribution in [0.25, 0.3) is 0 Å². The fraction of sp³-hybridized carbons (Fsp3) is 0.545. The number of aromatic carboxylic acids is 1. The zero-order valence-corrected chi connectivity index (χ0v) is 16.0. The number of carboxylic acid groups (broad SMARTS) is 1. The van der Waals surface area contributed by atoms with Gasteiger partial charge in [-0.3, -0.25) is 4.79 Å². The molecule has 2 unspecified atom stereocenters. The van der Waals surface area contributed by atoms with E-state index >= 15 is 0 Å². The van der Waals surface area contributed by atoms with E-state index in [1.54, 1.807) is 19.1 Å². The number of hydrogen-bond acceptors (Lipinski definition) is 3. The first kappa shape index (κ1) is 22.1. The first-order valence-electron chi connectivity index (χ1n) is 9.61. The van der Waals surface area contributed by atoms with Gasteiger partial charge >= 0.3 is 5.97 Å². The summed E-state index contributed by atoms with van der Waals surface area (Å²) < 4.78 is 0. The smallest absolute Gasteiger partial charge is 0.335 e. The number of aliphatic hydroxyl groups is 1. The van der Waals surface area contributed by atoms with Gasteiger partial charge in [-0.05, 0) is 56.7 Å². The highest BCUT2D eigenvalue weighted by molar-refractivity contribution is 5.87. The minimum Gasteiger partial charge on any atom is -0.478 e. The number of carbonyl (C=O) groups is 2. The summed E-state index contributed by atoms with van der Waals surface area (Å²) in [5.74, 6) is -0.763. The standard InChI is InChI=1S/C22H32O4/c1-3-4-5-11-21(24)12-7-10-19(17(2)23)9-6-8-18-13-15-20(16-14-18)22(25)26/h7,12-16,19,21,24H,3-6,8-11H2,1-2H3,(H,25,26)/b12-7+. The number of carboxylic acids is 1. The number of unbranched alkanes of at least 4 members (excludes halogenated alkanes) is 2. The van der Waals surface area contributed by atoms with Crippen molar-refractivity contribution in [3.05, 3.63) is 47.5 Å². The van der Waals surface area contributed by atoms with E-state index in [9.17, 15) is 14.7 Å². The summed E-state index contributed by atoms with van der Waals surface area (Å²) in [5, 5.41) is 18.8. The average molecular weight is 360 g/mol. The molecule has 0 aromatic heterocycles. The molecule has 4 nitrogen and oxygen atoms in total. The van der Waals surface area contributed by atoms with Crippen LogP contribution in [0, 0.1) is 5.92 Å². The molecule has 0 bridgehead atoms. The minimum atomic E-state index is -0.920. The van der Waals surface area contributed by atoms with Crippen molar-refractivity contribution in [3.63, 3.8) is 0 Å². The molecule has 0 aliphatic heterocycles. The number of Topliss-reactive ketones (excluding diaryl/α,β-unsaturated/α-hetero) is 1. The van der Waals surface area contributed by atoms with Gasteiger partial charge in [0.15, 0.2) is 0 Å². The van der Waals surface area contributed by atoms with E-state index in [2.05, 4.69) is 6.92 Å². The minimum absolute atomic E-state index is 0.0209. The largest absolute Gasteiger partial charge is 0.478 e. The number of ketones is 1. The molecule has 4 heteroatoms. The fourth-order valence-corrected chi connectivity index (χ4v) is 2.95. The molecule has 1 rings (SSSR count). The van der Waals surface area contributed by atoms with E-state index in [4.69, 9.17) is 5.11 Å². The number of aliphatic hydroxyl groups excluding tert-OH is 1. The molecule has 1 aromatic carbocycles. The Bertz CT molecular complexity index is 574. The number of rotatable bonds is 13. The molecule has 2 atom stereocenters. The lowest BCUT2D eigenvalue weighted by Gasteiger charge is -2.12. The Hall–Kier alpha value is -1.94. The van der Waals surface area contributed by atoms with Gasteiger partial charge in [0.1, 0.15) is 5.78 Å². The van der Waals surface area contributed by atoms with Crippen LogP contribution in [-0.2, 0) is 11.2 Å². The topological polar surface area (TPSA) is 74.6 Å². The van der Waals surface area contributed by atoms with Crippen molar-refractivity contribution in [2.24, 2.45) is 5.92 Å². The molecule has 26 heavy (non-hydrogen) atoms. The second-order valence-corrected chi connectivity index (χ2v) is 6.93. The summed E-state index contributed by atoms with van der Waals surface area (Å²) in [7, 11) is 0. The SMILES string of the molecule is CCCCCC(O)/C=C/CC(CCCc1ccc(C(=O)O)cc1)C(C)=O. The predicted octanol–water partition coefficient (Wildman–Crippen LogP) is 4.80. The lowest BCUT2D eigenvalue weighted by Crippen LogP contribution is -2.11. The Kier molecular flexibility index (Phi) is 10.6. The quantitative estimate of drug-likeness (QED) is 0.391. The molecular formula is C22H32O4. The van der Waals surface area contributed by atoms with Gasteiger partial charge in [-0.15, -0.1) is 0 Å². The van der Waals surface area contributed by atoms with E-state index in [1.165, 1.54) is 0 Å². The third-order valence-electron chi connectivity index (χ3n) is 4.68. The molecule has 0 radical (unpaired) electrons. The Labute approximate surface area is 156 Å². The Balaban J connectivity index is 2.38. The van der Waals surface area contributed by atoms with Crippen LogP contribution in [0.5, 0.6) is 0 Å². The zero-order valence-electron chi connectivity index (χ0n) is 16.0.